The van der Waals surface area contributed by atoms with Crippen LogP contribution in [0.1, 0.15) is 28.7 Å². The van der Waals surface area contributed by atoms with Gasteiger partial charge in [0.2, 0.25) is 0 Å². The molecule has 0 amide bonds. The zero-order chi connectivity index (χ0) is 14.4. The Kier molecular flexibility index (Phi) is 5.05. The molecular weight excluding hydrogens is 249 g/mol. The first-order valence-electron chi connectivity index (χ1n) is 6.82. The molecule has 1 nitrogen and oxygen atoms in total. The highest BCUT2D eigenvalue weighted by Crippen LogP contribution is 2.15. The van der Waals surface area contributed by atoms with Gasteiger partial charge in [-0.1, -0.05) is 48.5 Å². The van der Waals surface area contributed by atoms with Gasteiger partial charge < -0.3 is 5.41 Å². The molecule has 0 aliphatic carbocycles. The van der Waals surface area contributed by atoms with E-state index in [0.29, 0.717) is 12.1 Å². The van der Waals surface area contributed by atoms with Crippen LogP contribution in [0.25, 0.3) is 0 Å². The van der Waals surface area contributed by atoms with Crippen molar-refractivity contribution in [2.75, 3.05) is 6.67 Å². The number of hydrogen-bond donors (Lipinski definition) is 1. The van der Waals surface area contributed by atoms with E-state index in [9.17, 15) is 4.39 Å². The Balaban J connectivity index is 2.05. The molecule has 0 fully saturated rings. The van der Waals surface area contributed by atoms with Crippen LogP contribution in [0.3, 0.4) is 0 Å². The average molecular weight is 268 g/mol. The molecule has 0 unspecified atom stereocenters. The van der Waals surface area contributed by atoms with Crippen LogP contribution >= 0.6 is 0 Å². The maximum atomic E-state index is 12.1. The van der Waals surface area contributed by atoms with Gasteiger partial charge in [-0.15, -0.1) is 0 Å². The molecule has 2 heteroatoms. The second-order valence-electron chi connectivity index (χ2n) is 4.90. The number of benzene rings is 2. The van der Waals surface area contributed by atoms with Crippen molar-refractivity contribution >= 4 is 5.71 Å². The summed E-state index contributed by atoms with van der Waals surface area (Å²) in [5.74, 6) is 0. The second-order valence-corrected chi connectivity index (χ2v) is 4.90. The standard InChI is InChI=1S/C18H19FN/c1-14-5-2-3-6-17(14)13-15-8-10-16(11-9-15)18(20)7-4-12-19/h2-3,5-11,20H,4,12-13H2,1H3. The number of nitrogens with one attached hydrogen (secondary N) is 1. The van der Waals surface area contributed by atoms with E-state index in [-0.39, 0.29) is 0 Å². The van der Waals surface area contributed by atoms with Gasteiger partial charge in [0.25, 0.3) is 0 Å². The third kappa shape index (κ3) is 3.77. The minimum atomic E-state index is -0.409. The average Bonchev–Trinajstić information content (AvgIpc) is 2.48. The summed E-state index contributed by atoms with van der Waals surface area (Å²) in [6.07, 6.45) is 2.83. The summed E-state index contributed by atoms with van der Waals surface area (Å²) in [7, 11) is 0. The molecule has 20 heavy (non-hydrogen) atoms. The smallest absolute Gasteiger partial charge is 0.0901 e. The zero-order valence-electron chi connectivity index (χ0n) is 11.7. The van der Waals surface area contributed by atoms with Crippen molar-refractivity contribution in [2.45, 2.75) is 19.8 Å². The minimum Gasteiger partial charge on any atom is -0.304 e. The van der Waals surface area contributed by atoms with E-state index < -0.39 is 6.67 Å². The van der Waals surface area contributed by atoms with Crippen molar-refractivity contribution in [3.8, 4) is 0 Å². The van der Waals surface area contributed by atoms with Crippen LogP contribution in [0.2, 0.25) is 0 Å². The topological polar surface area (TPSA) is 23.9 Å². The van der Waals surface area contributed by atoms with Gasteiger partial charge in [0.15, 0.2) is 0 Å². The van der Waals surface area contributed by atoms with Gasteiger partial charge in [0.1, 0.15) is 0 Å². The zero-order valence-corrected chi connectivity index (χ0v) is 11.7. The first-order valence-corrected chi connectivity index (χ1v) is 6.82. The molecule has 2 aromatic carbocycles. The van der Waals surface area contributed by atoms with Gasteiger partial charge in [-0.3, -0.25) is 4.39 Å². The van der Waals surface area contributed by atoms with Gasteiger partial charge in [-0.05, 0) is 42.0 Å². The lowest BCUT2D eigenvalue weighted by Gasteiger charge is -2.07. The number of rotatable bonds is 6. The lowest BCUT2D eigenvalue weighted by Crippen LogP contribution is -2.01. The number of aryl methyl sites for hydroxylation is 1. The first kappa shape index (κ1) is 14.4. The summed E-state index contributed by atoms with van der Waals surface area (Å²) in [6.45, 7) is 1.71. The maximum absolute atomic E-state index is 12.1. The summed E-state index contributed by atoms with van der Waals surface area (Å²) in [5.41, 5.74) is 5.07. The lowest BCUT2D eigenvalue weighted by molar-refractivity contribution is 0.496. The largest absolute Gasteiger partial charge is 0.304 e. The first-order chi connectivity index (χ1) is 9.70. The third-order valence-electron chi connectivity index (χ3n) is 3.38. The van der Waals surface area contributed by atoms with E-state index in [4.69, 9.17) is 5.41 Å². The van der Waals surface area contributed by atoms with Crippen molar-refractivity contribution in [1.82, 2.24) is 0 Å². The molecule has 1 radical (unpaired) electrons. The van der Waals surface area contributed by atoms with Crippen molar-refractivity contribution < 1.29 is 4.39 Å². The van der Waals surface area contributed by atoms with Crippen LogP contribution in [0, 0.1) is 18.8 Å². The van der Waals surface area contributed by atoms with E-state index >= 15 is 0 Å². The second kappa shape index (κ2) is 6.99. The van der Waals surface area contributed by atoms with E-state index in [0.717, 1.165) is 12.0 Å². The molecule has 0 atom stereocenters. The Morgan fingerprint density at radius 2 is 1.80 bits per heavy atom. The number of halogens is 1. The minimum absolute atomic E-state index is 0.309. The maximum Gasteiger partial charge on any atom is 0.0901 e. The Morgan fingerprint density at radius 3 is 2.45 bits per heavy atom. The SMILES string of the molecule is Cc1ccccc1Cc1ccc(C(=N)[CH]CCF)cc1. The predicted octanol–water partition coefficient (Wildman–Crippen LogP) is 4.52. The van der Waals surface area contributed by atoms with Crippen LogP contribution < -0.4 is 0 Å². The Labute approximate surface area is 120 Å². The summed E-state index contributed by atoms with van der Waals surface area (Å²) >= 11 is 0. The fourth-order valence-electron chi connectivity index (χ4n) is 2.15. The van der Waals surface area contributed by atoms with Gasteiger partial charge in [-0.2, -0.15) is 0 Å². The molecule has 0 saturated carbocycles. The van der Waals surface area contributed by atoms with Gasteiger partial charge in [0, 0.05) is 12.1 Å². The Morgan fingerprint density at radius 1 is 1.10 bits per heavy atom. The third-order valence-corrected chi connectivity index (χ3v) is 3.38. The van der Waals surface area contributed by atoms with E-state index in [2.05, 4.69) is 25.1 Å². The van der Waals surface area contributed by atoms with E-state index in [1.807, 2.05) is 30.3 Å². The van der Waals surface area contributed by atoms with Crippen LogP contribution in [-0.2, 0) is 6.42 Å². The van der Waals surface area contributed by atoms with Crippen LogP contribution in [0.4, 0.5) is 4.39 Å². The molecule has 0 saturated heterocycles. The van der Waals surface area contributed by atoms with Gasteiger partial charge in [0.05, 0.1) is 6.67 Å². The van der Waals surface area contributed by atoms with Crippen LogP contribution in [0.5, 0.6) is 0 Å². The van der Waals surface area contributed by atoms with E-state index in [1.165, 1.54) is 16.7 Å². The van der Waals surface area contributed by atoms with Gasteiger partial charge >= 0.3 is 0 Å². The molecule has 0 heterocycles. The number of alkyl halides is 1. The molecule has 1 N–H and O–H groups in total. The molecule has 2 aromatic rings. The molecular formula is C18H19FN. The summed E-state index contributed by atoms with van der Waals surface area (Å²) < 4.78 is 12.1. The monoisotopic (exact) mass is 268 g/mol. The van der Waals surface area contributed by atoms with Gasteiger partial charge in [-0.25, -0.2) is 0 Å². The van der Waals surface area contributed by atoms with Crippen molar-refractivity contribution in [1.29, 1.82) is 5.41 Å². The highest BCUT2D eigenvalue weighted by Gasteiger charge is 2.03. The Bertz CT molecular complexity index is 572. The van der Waals surface area contributed by atoms with Crippen molar-refractivity contribution in [3.63, 3.8) is 0 Å². The van der Waals surface area contributed by atoms with Crippen molar-refractivity contribution in [2.24, 2.45) is 0 Å². The highest BCUT2D eigenvalue weighted by atomic mass is 19.1. The molecule has 0 aliphatic rings. The molecule has 0 aromatic heterocycles. The molecule has 103 valence electrons. The lowest BCUT2D eigenvalue weighted by atomic mass is 9.98. The van der Waals surface area contributed by atoms with E-state index in [1.54, 1.807) is 6.42 Å². The Hall–Kier alpha value is -1.96. The summed E-state index contributed by atoms with van der Waals surface area (Å²) in [6, 6.07) is 16.3. The van der Waals surface area contributed by atoms with Crippen LogP contribution in [-0.4, -0.2) is 12.4 Å². The van der Waals surface area contributed by atoms with Crippen LogP contribution in [0.15, 0.2) is 48.5 Å². The fraction of sp³-hybridized carbons (Fsp3) is 0.222. The summed E-state index contributed by atoms with van der Waals surface area (Å²) in [5, 5.41) is 7.84. The van der Waals surface area contributed by atoms with Crippen molar-refractivity contribution in [3.05, 3.63) is 77.2 Å². The molecule has 0 aliphatic heterocycles. The summed E-state index contributed by atoms with van der Waals surface area (Å²) in [4.78, 5) is 0. The fourth-order valence-corrected chi connectivity index (χ4v) is 2.15. The quantitative estimate of drug-likeness (QED) is 0.745. The molecule has 0 spiro atoms. The predicted molar refractivity (Wildman–Crippen MR) is 82.1 cm³/mol. The highest BCUT2D eigenvalue weighted by molar-refractivity contribution is 6.04. The molecule has 0 bridgehead atoms. The number of hydrogen-bond acceptors (Lipinski definition) is 1. The molecule has 2 rings (SSSR count). The normalized spacial score (nSPS) is 10.5.